The summed E-state index contributed by atoms with van der Waals surface area (Å²) in [6.45, 7) is 2.35. The second kappa shape index (κ2) is 6.61. The molecule has 0 saturated heterocycles. The Bertz CT molecular complexity index is 408. The quantitative estimate of drug-likeness (QED) is 0.622. The smallest absolute Gasteiger partial charge is 0.0153 e. The first-order chi connectivity index (χ1) is 9.77. The molecule has 0 aliphatic heterocycles. The predicted molar refractivity (Wildman–Crippen MR) is 92.2 cm³/mol. The van der Waals surface area contributed by atoms with Crippen molar-refractivity contribution in [3.05, 3.63) is 28.8 Å². The molecular formula is C19H29P. The number of aryl methyl sites for hydroxylation is 1. The summed E-state index contributed by atoms with van der Waals surface area (Å²) in [5, 5.41) is 1.49. The third-order valence-electron chi connectivity index (χ3n) is 5.57. The normalized spacial score (nSPS) is 22.1. The van der Waals surface area contributed by atoms with E-state index in [9.17, 15) is 0 Å². The van der Waals surface area contributed by atoms with Gasteiger partial charge in [-0.15, -0.1) is 9.24 Å². The molecule has 0 bridgehead atoms. The van der Waals surface area contributed by atoms with Crippen LogP contribution in [0.25, 0.3) is 0 Å². The number of hydrogen-bond acceptors (Lipinski definition) is 0. The van der Waals surface area contributed by atoms with Crippen LogP contribution < -0.4 is 5.30 Å². The SMILES string of the molecule is Cc1ccc(P)c(C2CCCCC2)c1C1CCCCC1. The first-order valence-electron chi connectivity index (χ1n) is 8.66. The summed E-state index contributed by atoms with van der Waals surface area (Å²) >= 11 is 0. The van der Waals surface area contributed by atoms with E-state index in [0.717, 1.165) is 11.8 Å². The topological polar surface area (TPSA) is 0 Å². The molecule has 0 aromatic heterocycles. The number of benzene rings is 1. The van der Waals surface area contributed by atoms with Gasteiger partial charge in [0.05, 0.1) is 0 Å². The molecule has 0 nitrogen and oxygen atoms in total. The molecule has 110 valence electrons. The lowest BCUT2D eigenvalue weighted by Gasteiger charge is -2.32. The molecule has 20 heavy (non-hydrogen) atoms. The van der Waals surface area contributed by atoms with E-state index >= 15 is 0 Å². The molecule has 2 fully saturated rings. The highest BCUT2D eigenvalue weighted by atomic mass is 31.0. The Morgan fingerprint density at radius 3 is 1.80 bits per heavy atom. The van der Waals surface area contributed by atoms with E-state index in [1.165, 1.54) is 69.5 Å². The summed E-state index contributed by atoms with van der Waals surface area (Å²) in [4.78, 5) is 0. The van der Waals surface area contributed by atoms with Crippen molar-refractivity contribution in [3.63, 3.8) is 0 Å². The Labute approximate surface area is 126 Å². The van der Waals surface area contributed by atoms with Crippen molar-refractivity contribution in [2.45, 2.75) is 83.0 Å². The highest BCUT2D eigenvalue weighted by Crippen LogP contribution is 2.42. The van der Waals surface area contributed by atoms with Crippen LogP contribution in [-0.2, 0) is 0 Å². The van der Waals surface area contributed by atoms with Gasteiger partial charge in [0.25, 0.3) is 0 Å². The number of rotatable bonds is 2. The van der Waals surface area contributed by atoms with Crippen LogP contribution in [-0.4, -0.2) is 0 Å². The molecule has 2 aliphatic rings. The maximum Gasteiger partial charge on any atom is -0.0153 e. The van der Waals surface area contributed by atoms with E-state index in [1.54, 1.807) is 16.7 Å². The van der Waals surface area contributed by atoms with Crippen LogP contribution in [0, 0.1) is 6.92 Å². The average molecular weight is 288 g/mol. The van der Waals surface area contributed by atoms with Crippen LogP contribution in [0.1, 0.15) is 92.7 Å². The van der Waals surface area contributed by atoms with Gasteiger partial charge in [-0.05, 0) is 66.4 Å². The van der Waals surface area contributed by atoms with Crippen LogP contribution in [0.2, 0.25) is 0 Å². The summed E-state index contributed by atoms with van der Waals surface area (Å²) in [6, 6.07) is 4.70. The lowest BCUT2D eigenvalue weighted by molar-refractivity contribution is 0.419. The van der Waals surface area contributed by atoms with E-state index in [-0.39, 0.29) is 0 Å². The zero-order valence-corrected chi connectivity index (χ0v) is 14.1. The molecule has 1 heteroatoms. The van der Waals surface area contributed by atoms with Crippen LogP contribution in [0.4, 0.5) is 0 Å². The highest BCUT2D eigenvalue weighted by Gasteiger charge is 2.26. The Morgan fingerprint density at radius 2 is 1.25 bits per heavy atom. The predicted octanol–water partition coefficient (Wildman–Crippen LogP) is 5.59. The standard InChI is InChI=1S/C19H29P/c1-14-12-13-17(20)19(16-10-6-3-7-11-16)18(14)15-8-4-2-5-9-15/h12-13,15-16H,2-11,20H2,1H3. The van der Waals surface area contributed by atoms with Crippen molar-refractivity contribution < 1.29 is 0 Å². The minimum absolute atomic E-state index is 0.841. The van der Waals surface area contributed by atoms with E-state index in [0.29, 0.717) is 0 Å². The summed E-state index contributed by atoms with van der Waals surface area (Å²) in [5.74, 6) is 1.69. The van der Waals surface area contributed by atoms with E-state index < -0.39 is 0 Å². The van der Waals surface area contributed by atoms with E-state index in [2.05, 4.69) is 28.3 Å². The van der Waals surface area contributed by atoms with Gasteiger partial charge in [-0.3, -0.25) is 0 Å². The molecular weight excluding hydrogens is 259 g/mol. The second-order valence-electron chi connectivity index (χ2n) is 6.97. The Hall–Kier alpha value is -0.350. The lowest BCUT2D eigenvalue weighted by atomic mass is 9.74. The molecule has 0 radical (unpaired) electrons. The van der Waals surface area contributed by atoms with Gasteiger partial charge in [0.1, 0.15) is 0 Å². The first kappa shape index (κ1) is 14.6. The van der Waals surface area contributed by atoms with E-state index in [1.807, 2.05) is 0 Å². The van der Waals surface area contributed by atoms with Crippen LogP contribution in [0.15, 0.2) is 12.1 Å². The molecule has 0 amide bonds. The largest absolute Gasteiger partial charge is 0.105 e. The molecule has 1 aromatic carbocycles. The monoisotopic (exact) mass is 288 g/mol. The van der Waals surface area contributed by atoms with Gasteiger partial charge in [0.15, 0.2) is 0 Å². The summed E-state index contributed by atoms with van der Waals surface area (Å²) < 4.78 is 0. The van der Waals surface area contributed by atoms with E-state index in [4.69, 9.17) is 0 Å². The van der Waals surface area contributed by atoms with Crippen molar-refractivity contribution in [2.24, 2.45) is 0 Å². The second-order valence-corrected chi connectivity index (χ2v) is 7.59. The molecule has 0 N–H and O–H groups in total. The van der Waals surface area contributed by atoms with Crippen molar-refractivity contribution in [2.75, 3.05) is 0 Å². The van der Waals surface area contributed by atoms with Crippen molar-refractivity contribution in [1.29, 1.82) is 0 Å². The Kier molecular flexibility index (Phi) is 4.82. The molecule has 1 unspecified atom stereocenters. The van der Waals surface area contributed by atoms with Gasteiger partial charge in [-0.2, -0.15) is 0 Å². The molecule has 1 aromatic rings. The zero-order valence-electron chi connectivity index (χ0n) is 13.0. The molecule has 0 heterocycles. The molecule has 0 spiro atoms. The van der Waals surface area contributed by atoms with Crippen molar-refractivity contribution >= 4 is 14.5 Å². The summed E-state index contributed by atoms with van der Waals surface area (Å²) in [5.41, 5.74) is 5.05. The fraction of sp³-hybridized carbons (Fsp3) is 0.684. The average Bonchev–Trinajstić information content (AvgIpc) is 2.51. The highest BCUT2D eigenvalue weighted by molar-refractivity contribution is 7.27. The fourth-order valence-corrected chi connectivity index (χ4v) is 5.03. The zero-order chi connectivity index (χ0) is 13.9. The molecule has 2 saturated carbocycles. The van der Waals surface area contributed by atoms with Crippen molar-refractivity contribution in [1.82, 2.24) is 0 Å². The minimum Gasteiger partial charge on any atom is -0.105 e. The number of hydrogen-bond donors (Lipinski definition) is 0. The van der Waals surface area contributed by atoms with Crippen LogP contribution in [0.3, 0.4) is 0 Å². The van der Waals surface area contributed by atoms with Gasteiger partial charge in [0, 0.05) is 0 Å². The Balaban J connectivity index is 1.99. The Morgan fingerprint density at radius 1 is 0.750 bits per heavy atom. The first-order valence-corrected chi connectivity index (χ1v) is 9.24. The third-order valence-corrected chi connectivity index (χ3v) is 6.07. The fourth-order valence-electron chi connectivity index (χ4n) is 4.54. The van der Waals surface area contributed by atoms with Crippen LogP contribution >= 0.6 is 9.24 Å². The minimum atomic E-state index is 0.841. The maximum absolute atomic E-state index is 3.04. The summed E-state index contributed by atoms with van der Waals surface area (Å²) in [7, 11) is 3.04. The molecule has 2 aliphatic carbocycles. The lowest BCUT2D eigenvalue weighted by Crippen LogP contribution is -2.19. The van der Waals surface area contributed by atoms with Gasteiger partial charge < -0.3 is 0 Å². The van der Waals surface area contributed by atoms with Crippen LogP contribution in [0.5, 0.6) is 0 Å². The van der Waals surface area contributed by atoms with Gasteiger partial charge in [0.2, 0.25) is 0 Å². The van der Waals surface area contributed by atoms with Gasteiger partial charge in [-0.1, -0.05) is 50.7 Å². The maximum atomic E-state index is 3.04. The third kappa shape index (κ3) is 2.96. The van der Waals surface area contributed by atoms with Crippen molar-refractivity contribution in [3.8, 4) is 0 Å². The molecule has 1 atom stereocenters. The molecule has 3 rings (SSSR count). The summed E-state index contributed by atoms with van der Waals surface area (Å²) in [6.07, 6.45) is 14.4. The van der Waals surface area contributed by atoms with Gasteiger partial charge in [-0.25, -0.2) is 0 Å². The van der Waals surface area contributed by atoms with Gasteiger partial charge >= 0.3 is 0 Å².